The molecule has 1 rings (SSSR count). The van der Waals surface area contributed by atoms with Crippen molar-refractivity contribution in [1.82, 2.24) is 5.32 Å². The van der Waals surface area contributed by atoms with Gasteiger partial charge in [-0.3, -0.25) is 9.59 Å². The summed E-state index contributed by atoms with van der Waals surface area (Å²) in [5.41, 5.74) is 0.849. The number of allylic oxidation sites excluding steroid dienone is 1. The summed E-state index contributed by atoms with van der Waals surface area (Å²) in [4.78, 5) is 23.4. The van der Waals surface area contributed by atoms with E-state index in [-0.39, 0.29) is 0 Å². The van der Waals surface area contributed by atoms with E-state index < -0.39 is 17.6 Å². The first-order valence-electron chi connectivity index (χ1n) is 6.13. The van der Waals surface area contributed by atoms with Gasteiger partial charge in [-0.15, -0.1) is 0 Å². The summed E-state index contributed by atoms with van der Waals surface area (Å²) >= 11 is 0. The Hall–Kier alpha value is -2.41. The van der Waals surface area contributed by atoms with Crippen LogP contribution in [0.2, 0.25) is 0 Å². The Labute approximate surface area is 112 Å². The van der Waals surface area contributed by atoms with Crippen LogP contribution in [0.25, 0.3) is 6.08 Å². The molecule has 1 aromatic carbocycles. The van der Waals surface area contributed by atoms with Crippen LogP contribution in [0.3, 0.4) is 0 Å². The summed E-state index contributed by atoms with van der Waals surface area (Å²) < 4.78 is 0. The molecular formula is C15H16N2O2. The predicted octanol–water partition coefficient (Wildman–Crippen LogP) is 1.93. The first-order chi connectivity index (χ1) is 9.19. The topological polar surface area (TPSA) is 70.0 Å². The molecule has 0 spiro atoms. The average Bonchev–Trinajstić information content (AvgIpc) is 2.44. The maximum atomic E-state index is 11.8. The lowest BCUT2D eigenvalue weighted by molar-refractivity contribution is -0.129. The molecule has 0 aromatic heterocycles. The highest BCUT2D eigenvalue weighted by atomic mass is 16.2. The number of nitrogens with one attached hydrogen (secondary N) is 1. The summed E-state index contributed by atoms with van der Waals surface area (Å²) in [6.07, 6.45) is 3.63. The molecule has 0 saturated carbocycles. The normalized spacial score (nSPS) is 11.8. The molecule has 19 heavy (non-hydrogen) atoms. The lowest BCUT2D eigenvalue weighted by atomic mass is 10.0. The fraction of sp³-hybridized carbons (Fsp3) is 0.267. The number of nitrogens with zero attached hydrogens (tertiary/aromatic N) is 1. The minimum Gasteiger partial charge on any atom is -0.355 e. The molecule has 1 unspecified atom stereocenters. The molecule has 0 fully saturated rings. The molecule has 0 heterocycles. The third-order valence-corrected chi connectivity index (χ3v) is 2.46. The van der Waals surface area contributed by atoms with Crippen LogP contribution < -0.4 is 5.32 Å². The molecule has 4 heteroatoms. The quantitative estimate of drug-likeness (QED) is 0.624. The van der Waals surface area contributed by atoms with E-state index in [1.165, 1.54) is 6.08 Å². The second-order valence-corrected chi connectivity index (χ2v) is 4.00. The van der Waals surface area contributed by atoms with Gasteiger partial charge in [0.15, 0.2) is 11.7 Å². The summed E-state index contributed by atoms with van der Waals surface area (Å²) in [6, 6.07) is 11.0. The van der Waals surface area contributed by atoms with E-state index >= 15 is 0 Å². The maximum Gasteiger partial charge on any atom is 0.245 e. The van der Waals surface area contributed by atoms with Crippen molar-refractivity contribution < 1.29 is 9.59 Å². The minimum absolute atomic E-state index is 0.465. The maximum absolute atomic E-state index is 11.8. The van der Waals surface area contributed by atoms with Crippen LogP contribution in [0.1, 0.15) is 18.9 Å². The molecule has 1 aromatic rings. The van der Waals surface area contributed by atoms with Gasteiger partial charge in [-0.1, -0.05) is 43.3 Å². The van der Waals surface area contributed by atoms with Crippen molar-refractivity contribution in [2.24, 2.45) is 5.92 Å². The van der Waals surface area contributed by atoms with E-state index in [1.54, 1.807) is 12.1 Å². The number of benzene rings is 1. The molecule has 0 radical (unpaired) electrons. The van der Waals surface area contributed by atoms with Gasteiger partial charge in [0.05, 0.1) is 6.07 Å². The summed E-state index contributed by atoms with van der Waals surface area (Å²) in [6.45, 7) is 2.37. The van der Waals surface area contributed by atoms with Gasteiger partial charge < -0.3 is 5.32 Å². The Morgan fingerprint density at radius 3 is 2.63 bits per heavy atom. The standard InChI is InChI=1S/C15H16N2O2/c1-2-10-17-15(19)13(11-16)14(18)9-8-12-6-4-3-5-7-12/h3-9,13H,2,10H2,1H3,(H,17,19). The molecule has 0 aliphatic rings. The smallest absolute Gasteiger partial charge is 0.245 e. The van der Waals surface area contributed by atoms with Gasteiger partial charge in [0.25, 0.3) is 0 Å². The van der Waals surface area contributed by atoms with Crippen molar-refractivity contribution in [1.29, 1.82) is 5.26 Å². The number of carbonyl (C=O) groups is 2. The number of nitriles is 1. The third-order valence-electron chi connectivity index (χ3n) is 2.46. The van der Waals surface area contributed by atoms with E-state index in [0.717, 1.165) is 12.0 Å². The Balaban J connectivity index is 2.67. The molecule has 0 saturated heterocycles. The zero-order valence-electron chi connectivity index (χ0n) is 10.8. The van der Waals surface area contributed by atoms with Crippen LogP contribution in [-0.4, -0.2) is 18.2 Å². The molecule has 4 nitrogen and oxygen atoms in total. The van der Waals surface area contributed by atoms with Gasteiger partial charge in [-0.2, -0.15) is 5.26 Å². The van der Waals surface area contributed by atoms with Crippen LogP contribution >= 0.6 is 0 Å². The van der Waals surface area contributed by atoms with Crippen molar-refractivity contribution in [3.63, 3.8) is 0 Å². The third kappa shape index (κ3) is 4.76. The Bertz CT molecular complexity index is 501. The van der Waals surface area contributed by atoms with Crippen LogP contribution in [0.5, 0.6) is 0 Å². The SMILES string of the molecule is CCCNC(=O)C(C#N)C(=O)C=Cc1ccccc1. The number of hydrogen-bond donors (Lipinski definition) is 1. The fourth-order valence-corrected chi connectivity index (χ4v) is 1.44. The largest absolute Gasteiger partial charge is 0.355 e. The lowest BCUT2D eigenvalue weighted by Gasteiger charge is -2.06. The van der Waals surface area contributed by atoms with Crippen LogP contribution in [-0.2, 0) is 9.59 Å². The van der Waals surface area contributed by atoms with Crippen LogP contribution in [0.4, 0.5) is 0 Å². The zero-order valence-corrected chi connectivity index (χ0v) is 10.8. The van der Waals surface area contributed by atoms with Crippen molar-refractivity contribution >= 4 is 17.8 Å². The summed E-state index contributed by atoms with van der Waals surface area (Å²) in [5.74, 6) is -2.31. The lowest BCUT2D eigenvalue weighted by Crippen LogP contribution is -2.34. The second-order valence-electron chi connectivity index (χ2n) is 4.00. The van der Waals surface area contributed by atoms with E-state index in [1.807, 2.05) is 37.3 Å². The van der Waals surface area contributed by atoms with Gasteiger partial charge in [-0.05, 0) is 18.1 Å². The highest BCUT2D eigenvalue weighted by Gasteiger charge is 2.23. The van der Waals surface area contributed by atoms with Gasteiger partial charge >= 0.3 is 0 Å². The van der Waals surface area contributed by atoms with Crippen LogP contribution in [0, 0.1) is 17.2 Å². The predicted molar refractivity (Wildman–Crippen MR) is 72.9 cm³/mol. The number of hydrogen-bond acceptors (Lipinski definition) is 3. The first-order valence-corrected chi connectivity index (χ1v) is 6.13. The Morgan fingerprint density at radius 2 is 2.05 bits per heavy atom. The molecule has 1 atom stereocenters. The minimum atomic E-state index is -1.27. The van der Waals surface area contributed by atoms with Gasteiger partial charge in [0, 0.05) is 6.54 Å². The Kier molecular flexibility index (Phi) is 6.04. The fourth-order valence-electron chi connectivity index (χ4n) is 1.44. The summed E-state index contributed by atoms with van der Waals surface area (Å²) in [7, 11) is 0. The first kappa shape index (κ1) is 14.7. The highest BCUT2D eigenvalue weighted by Crippen LogP contribution is 2.04. The molecule has 0 aliphatic heterocycles. The van der Waals surface area contributed by atoms with Crippen molar-refractivity contribution in [2.45, 2.75) is 13.3 Å². The van der Waals surface area contributed by atoms with Crippen molar-refractivity contribution in [3.8, 4) is 6.07 Å². The molecule has 1 amide bonds. The average molecular weight is 256 g/mol. The number of carbonyl (C=O) groups excluding carboxylic acids is 2. The second kappa shape index (κ2) is 7.83. The number of ketones is 1. The van der Waals surface area contributed by atoms with E-state index in [4.69, 9.17) is 5.26 Å². The Morgan fingerprint density at radius 1 is 1.37 bits per heavy atom. The number of amides is 1. The molecule has 0 bridgehead atoms. The monoisotopic (exact) mass is 256 g/mol. The number of rotatable bonds is 6. The van der Waals surface area contributed by atoms with E-state index in [0.29, 0.717) is 6.54 Å². The van der Waals surface area contributed by atoms with Crippen LogP contribution in [0.15, 0.2) is 36.4 Å². The van der Waals surface area contributed by atoms with Gasteiger partial charge in [0.1, 0.15) is 0 Å². The zero-order chi connectivity index (χ0) is 14.1. The van der Waals surface area contributed by atoms with E-state index in [9.17, 15) is 9.59 Å². The van der Waals surface area contributed by atoms with Gasteiger partial charge in [-0.25, -0.2) is 0 Å². The molecule has 0 aliphatic carbocycles. The molecular weight excluding hydrogens is 240 g/mol. The van der Waals surface area contributed by atoms with Crippen molar-refractivity contribution in [3.05, 3.63) is 42.0 Å². The highest BCUT2D eigenvalue weighted by molar-refractivity contribution is 6.10. The van der Waals surface area contributed by atoms with Crippen molar-refractivity contribution in [2.75, 3.05) is 6.54 Å². The van der Waals surface area contributed by atoms with E-state index in [2.05, 4.69) is 5.32 Å². The molecule has 1 N–H and O–H groups in total. The summed E-state index contributed by atoms with van der Waals surface area (Å²) in [5, 5.41) is 11.4. The van der Waals surface area contributed by atoms with Gasteiger partial charge in [0.2, 0.25) is 5.91 Å². The molecule has 98 valence electrons.